The Bertz CT molecular complexity index is 362. The van der Waals surface area contributed by atoms with Crippen molar-refractivity contribution in [2.24, 2.45) is 4.99 Å². The maximum atomic E-state index is 13.3. The molecule has 0 fully saturated rings. The number of ether oxygens (including phenoxy) is 1. The van der Waals surface area contributed by atoms with E-state index in [0.717, 1.165) is 5.56 Å². The van der Waals surface area contributed by atoms with E-state index in [1.165, 1.54) is 6.07 Å². The van der Waals surface area contributed by atoms with Crippen LogP contribution in [0.3, 0.4) is 0 Å². The van der Waals surface area contributed by atoms with E-state index < -0.39 is 0 Å². The number of aryl methyl sites for hydroxylation is 1. The van der Waals surface area contributed by atoms with Gasteiger partial charge in [-0.05, 0) is 18.6 Å². The van der Waals surface area contributed by atoms with Gasteiger partial charge in [0.15, 0.2) is 0 Å². The van der Waals surface area contributed by atoms with Crippen molar-refractivity contribution in [1.82, 2.24) is 0 Å². The average molecular weight is 192 g/mol. The summed E-state index contributed by atoms with van der Waals surface area (Å²) in [6, 6.07) is 5.13. The van der Waals surface area contributed by atoms with Crippen molar-refractivity contribution >= 4 is 6.40 Å². The molecule has 1 atom stereocenters. The minimum absolute atomic E-state index is 0.0197. The van der Waals surface area contributed by atoms with Gasteiger partial charge < -0.3 is 4.74 Å². The monoisotopic (exact) mass is 192 g/mol. The van der Waals surface area contributed by atoms with Crippen LogP contribution in [0.4, 0.5) is 4.39 Å². The lowest BCUT2D eigenvalue weighted by molar-refractivity contribution is 0.326. The van der Waals surface area contributed by atoms with Crippen LogP contribution in [0.5, 0.6) is 0 Å². The van der Waals surface area contributed by atoms with Crippen molar-refractivity contribution in [3.63, 3.8) is 0 Å². The van der Waals surface area contributed by atoms with E-state index in [9.17, 15) is 4.39 Å². The van der Waals surface area contributed by atoms with E-state index in [-0.39, 0.29) is 11.9 Å². The summed E-state index contributed by atoms with van der Waals surface area (Å²) >= 11 is 0. The van der Waals surface area contributed by atoms with Gasteiger partial charge in [0.25, 0.3) is 6.40 Å². The van der Waals surface area contributed by atoms with Crippen LogP contribution in [0.25, 0.3) is 0 Å². The highest BCUT2D eigenvalue weighted by atomic mass is 19.1. The number of hydrogen-bond donors (Lipinski definition) is 0. The molecule has 1 radical (unpaired) electrons. The summed E-state index contributed by atoms with van der Waals surface area (Å²) in [5, 5.41) is 0. The number of aliphatic imine (C=N–C) groups is 1. The summed E-state index contributed by atoms with van der Waals surface area (Å²) in [6.07, 6.45) is 3.01. The SMILES string of the molecule is Cc1ccc(F)c(CC2CO[C]=N2)c1. The summed E-state index contributed by atoms with van der Waals surface area (Å²) in [7, 11) is 0. The van der Waals surface area contributed by atoms with Gasteiger partial charge in [0, 0.05) is 6.42 Å². The predicted octanol–water partition coefficient (Wildman–Crippen LogP) is 1.98. The number of nitrogens with zero attached hydrogens (tertiary/aromatic N) is 1. The Hall–Kier alpha value is -1.38. The first-order valence-electron chi connectivity index (χ1n) is 4.57. The number of halogens is 1. The molecule has 2 nitrogen and oxygen atoms in total. The van der Waals surface area contributed by atoms with Gasteiger partial charge in [-0.3, -0.25) is 0 Å². The molecule has 0 amide bonds. The van der Waals surface area contributed by atoms with Crippen LogP contribution in [0.15, 0.2) is 23.2 Å². The number of benzene rings is 1. The fraction of sp³-hybridized carbons (Fsp3) is 0.364. The molecule has 1 aliphatic heterocycles. The molecule has 1 aliphatic rings. The zero-order chi connectivity index (χ0) is 9.97. The van der Waals surface area contributed by atoms with E-state index in [1.54, 1.807) is 6.07 Å². The normalized spacial score (nSPS) is 19.7. The van der Waals surface area contributed by atoms with Crippen LogP contribution in [0.2, 0.25) is 0 Å². The van der Waals surface area contributed by atoms with Crippen LogP contribution in [0.1, 0.15) is 11.1 Å². The van der Waals surface area contributed by atoms with Crippen LogP contribution >= 0.6 is 0 Å². The Morgan fingerprint density at radius 3 is 3.21 bits per heavy atom. The van der Waals surface area contributed by atoms with E-state index in [4.69, 9.17) is 4.74 Å². The highest BCUT2D eigenvalue weighted by molar-refractivity contribution is 5.49. The maximum Gasteiger partial charge on any atom is 0.273 e. The first-order chi connectivity index (χ1) is 6.75. The Morgan fingerprint density at radius 2 is 2.50 bits per heavy atom. The van der Waals surface area contributed by atoms with Gasteiger partial charge in [0.2, 0.25) is 0 Å². The topological polar surface area (TPSA) is 21.6 Å². The summed E-state index contributed by atoms with van der Waals surface area (Å²) in [5.74, 6) is -0.169. The highest BCUT2D eigenvalue weighted by Crippen LogP contribution is 2.14. The molecule has 1 aromatic carbocycles. The molecule has 1 heterocycles. The third-order valence-corrected chi connectivity index (χ3v) is 2.23. The van der Waals surface area contributed by atoms with Crippen molar-refractivity contribution in [3.05, 3.63) is 35.1 Å². The highest BCUT2D eigenvalue weighted by Gasteiger charge is 2.15. The van der Waals surface area contributed by atoms with Crippen molar-refractivity contribution in [2.45, 2.75) is 19.4 Å². The smallest absolute Gasteiger partial charge is 0.273 e. The fourth-order valence-corrected chi connectivity index (χ4v) is 1.50. The van der Waals surface area contributed by atoms with Gasteiger partial charge in [0.1, 0.15) is 12.4 Å². The lowest BCUT2D eigenvalue weighted by atomic mass is 10.0. The Balaban J connectivity index is 2.15. The molecule has 1 aromatic rings. The second kappa shape index (κ2) is 3.78. The molecular weight excluding hydrogens is 181 g/mol. The third-order valence-electron chi connectivity index (χ3n) is 2.23. The average Bonchev–Trinajstić information content (AvgIpc) is 2.64. The lowest BCUT2D eigenvalue weighted by Gasteiger charge is -2.07. The van der Waals surface area contributed by atoms with E-state index in [2.05, 4.69) is 11.4 Å². The predicted molar refractivity (Wildman–Crippen MR) is 52.0 cm³/mol. The molecule has 0 aromatic heterocycles. The van der Waals surface area contributed by atoms with Crippen LogP contribution in [0, 0.1) is 12.7 Å². The Morgan fingerprint density at radius 1 is 1.64 bits per heavy atom. The first kappa shape index (κ1) is 9.19. The summed E-state index contributed by atoms with van der Waals surface area (Å²) in [4.78, 5) is 3.96. The fourth-order valence-electron chi connectivity index (χ4n) is 1.50. The molecule has 0 saturated carbocycles. The lowest BCUT2D eigenvalue weighted by Crippen LogP contribution is -2.11. The largest absolute Gasteiger partial charge is 0.472 e. The molecule has 73 valence electrons. The quantitative estimate of drug-likeness (QED) is 0.702. The van der Waals surface area contributed by atoms with E-state index in [1.807, 2.05) is 13.0 Å². The molecule has 0 spiro atoms. The minimum atomic E-state index is -0.169. The summed E-state index contributed by atoms with van der Waals surface area (Å²) in [5.41, 5.74) is 1.76. The minimum Gasteiger partial charge on any atom is -0.472 e. The van der Waals surface area contributed by atoms with Gasteiger partial charge >= 0.3 is 0 Å². The zero-order valence-electron chi connectivity index (χ0n) is 7.96. The van der Waals surface area contributed by atoms with Crippen LogP contribution in [-0.2, 0) is 11.2 Å². The molecule has 0 saturated heterocycles. The molecule has 14 heavy (non-hydrogen) atoms. The zero-order valence-corrected chi connectivity index (χ0v) is 7.96. The van der Waals surface area contributed by atoms with Crippen LogP contribution in [-0.4, -0.2) is 19.0 Å². The van der Waals surface area contributed by atoms with Gasteiger partial charge in [-0.25, -0.2) is 9.38 Å². The molecule has 0 aliphatic carbocycles. The number of rotatable bonds is 2. The molecule has 0 N–H and O–H groups in total. The van der Waals surface area contributed by atoms with Crippen molar-refractivity contribution in [2.75, 3.05) is 6.61 Å². The molecule has 1 unspecified atom stereocenters. The van der Waals surface area contributed by atoms with Crippen molar-refractivity contribution < 1.29 is 9.13 Å². The molecule has 3 heteroatoms. The second-order valence-electron chi connectivity index (χ2n) is 3.48. The molecule has 2 rings (SSSR count). The maximum absolute atomic E-state index is 13.3. The Labute approximate surface area is 82.4 Å². The summed E-state index contributed by atoms with van der Waals surface area (Å²) < 4.78 is 18.2. The molecule has 0 bridgehead atoms. The van der Waals surface area contributed by atoms with Crippen molar-refractivity contribution in [3.8, 4) is 0 Å². The summed E-state index contributed by atoms with van der Waals surface area (Å²) in [6.45, 7) is 2.46. The van der Waals surface area contributed by atoms with Crippen molar-refractivity contribution in [1.29, 1.82) is 0 Å². The van der Waals surface area contributed by atoms with Gasteiger partial charge in [-0.2, -0.15) is 0 Å². The third kappa shape index (κ3) is 1.92. The second-order valence-corrected chi connectivity index (χ2v) is 3.48. The Kier molecular flexibility index (Phi) is 2.48. The molecular formula is C11H11FNO. The van der Waals surface area contributed by atoms with Crippen LogP contribution < -0.4 is 0 Å². The van der Waals surface area contributed by atoms with Gasteiger partial charge in [0.05, 0.1) is 6.04 Å². The van der Waals surface area contributed by atoms with Gasteiger partial charge in [-0.15, -0.1) is 0 Å². The van der Waals surface area contributed by atoms with E-state index in [0.29, 0.717) is 18.6 Å². The standard InChI is InChI=1S/C11H11FNO/c1-8-2-3-11(12)9(4-8)5-10-6-14-7-13-10/h2-4,10H,5-6H2,1H3. The van der Waals surface area contributed by atoms with Gasteiger partial charge in [-0.1, -0.05) is 17.7 Å². The van der Waals surface area contributed by atoms with E-state index >= 15 is 0 Å². The number of hydrogen-bond acceptors (Lipinski definition) is 2. The first-order valence-corrected chi connectivity index (χ1v) is 4.57.